The summed E-state index contributed by atoms with van der Waals surface area (Å²) in [5, 5.41) is 5.86. The Labute approximate surface area is 201 Å². The minimum absolute atomic E-state index is 0.298. The van der Waals surface area contributed by atoms with E-state index in [0.29, 0.717) is 48.7 Å². The number of thiocarbonyl (C=S) groups is 1. The van der Waals surface area contributed by atoms with Gasteiger partial charge in [-0.25, -0.2) is 9.78 Å². The third-order valence-electron chi connectivity index (χ3n) is 5.25. The Bertz CT molecular complexity index is 1140. The number of morpholine rings is 1. The van der Waals surface area contributed by atoms with Gasteiger partial charge in [-0.3, -0.25) is 19.9 Å². The van der Waals surface area contributed by atoms with Crippen LogP contribution in [0.3, 0.4) is 0 Å². The number of nitrogens with zero attached hydrogens (tertiary/aromatic N) is 3. The third-order valence-corrected chi connectivity index (χ3v) is 5.68. The van der Waals surface area contributed by atoms with Crippen molar-refractivity contribution in [3.63, 3.8) is 0 Å². The molecule has 4 rings (SSSR count). The molecular weight excluding hydrogens is 466 g/mol. The largest absolute Gasteiger partial charge is 0.444 e. The quantitative estimate of drug-likeness (QED) is 0.636. The molecule has 0 saturated carbocycles. The molecule has 1 aromatic heterocycles. The number of carbonyl (C=O) groups is 2. The maximum atomic E-state index is 13.0. The molecule has 1 aromatic carbocycles. The van der Waals surface area contributed by atoms with Crippen LogP contribution in [0.2, 0.25) is 5.02 Å². The van der Waals surface area contributed by atoms with Crippen LogP contribution in [0.4, 0.5) is 10.6 Å². The van der Waals surface area contributed by atoms with Crippen molar-refractivity contribution in [1.82, 2.24) is 20.2 Å². The van der Waals surface area contributed by atoms with E-state index in [1.165, 1.54) is 6.33 Å². The lowest BCUT2D eigenvalue weighted by Gasteiger charge is -2.38. The molecule has 1 atom stereocenters. The summed E-state index contributed by atoms with van der Waals surface area (Å²) in [5.41, 5.74) is 1.37. The maximum absolute atomic E-state index is 13.0. The summed E-state index contributed by atoms with van der Waals surface area (Å²) in [6, 6.07) is 5.07. The van der Waals surface area contributed by atoms with Gasteiger partial charge in [0, 0.05) is 11.6 Å². The van der Waals surface area contributed by atoms with Crippen LogP contribution in [-0.2, 0) is 16.0 Å². The fraction of sp³-hybridized carbons (Fsp3) is 0.409. The van der Waals surface area contributed by atoms with Gasteiger partial charge in [-0.15, -0.1) is 0 Å². The van der Waals surface area contributed by atoms with Gasteiger partial charge in [0.2, 0.25) is 0 Å². The molecule has 2 aliphatic heterocycles. The molecule has 2 N–H and O–H groups in total. The van der Waals surface area contributed by atoms with Crippen LogP contribution >= 0.6 is 23.8 Å². The number of nitrogens with one attached hydrogen (secondary N) is 2. The van der Waals surface area contributed by atoms with Gasteiger partial charge in [0.15, 0.2) is 11.6 Å². The van der Waals surface area contributed by atoms with Gasteiger partial charge in [0.1, 0.15) is 11.3 Å². The molecule has 0 spiro atoms. The Kier molecular flexibility index (Phi) is 6.45. The van der Waals surface area contributed by atoms with E-state index in [1.54, 1.807) is 15.9 Å². The molecule has 11 heteroatoms. The minimum Gasteiger partial charge on any atom is -0.444 e. The van der Waals surface area contributed by atoms with Crippen LogP contribution in [0.15, 0.2) is 30.3 Å². The first-order valence-corrected chi connectivity index (χ1v) is 11.2. The first-order valence-electron chi connectivity index (χ1n) is 10.4. The van der Waals surface area contributed by atoms with Crippen molar-refractivity contribution in [3.8, 4) is 0 Å². The van der Waals surface area contributed by atoms with Gasteiger partial charge < -0.3 is 14.5 Å². The van der Waals surface area contributed by atoms with E-state index in [-0.39, 0.29) is 5.91 Å². The highest BCUT2D eigenvalue weighted by atomic mass is 35.5. The number of aromatic nitrogens is 2. The van der Waals surface area contributed by atoms with Crippen LogP contribution in [0.5, 0.6) is 0 Å². The molecule has 33 heavy (non-hydrogen) atoms. The first-order chi connectivity index (χ1) is 15.7. The molecule has 0 aliphatic carbocycles. The average molecular weight is 490 g/mol. The molecule has 1 fully saturated rings. The first kappa shape index (κ1) is 23.3. The Morgan fingerprint density at radius 3 is 2.94 bits per heavy atom. The molecule has 2 aliphatic rings. The predicted molar refractivity (Wildman–Crippen MR) is 126 cm³/mol. The van der Waals surface area contributed by atoms with E-state index in [1.807, 2.05) is 32.9 Å². The lowest BCUT2D eigenvalue weighted by atomic mass is 9.98. The molecule has 9 nitrogen and oxygen atoms in total. The lowest BCUT2D eigenvalue weighted by molar-refractivity contribution is -0.0332. The van der Waals surface area contributed by atoms with E-state index >= 15 is 0 Å². The third kappa shape index (κ3) is 4.89. The number of ether oxygens (including phenoxy) is 2. The fourth-order valence-electron chi connectivity index (χ4n) is 3.83. The zero-order chi connectivity index (χ0) is 23.8. The van der Waals surface area contributed by atoms with Gasteiger partial charge >= 0.3 is 6.09 Å². The van der Waals surface area contributed by atoms with Gasteiger partial charge in [0.25, 0.3) is 5.91 Å². The van der Waals surface area contributed by atoms with E-state index < -0.39 is 17.7 Å². The highest BCUT2D eigenvalue weighted by molar-refractivity contribution is 7.78. The summed E-state index contributed by atoms with van der Waals surface area (Å²) < 4.78 is 11.3. The van der Waals surface area contributed by atoms with Crippen LogP contribution in [-0.4, -0.2) is 57.3 Å². The number of rotatable bonds is 3. The van der Waals surface area contributed by atoms with E-state index in [2.05, 4.69) is 20.3 Å². The summed E-state index contributed by atoms with van der Waals surface area (Å²) in [6.07, 6.45) is 1.03. The number of hydrogen-bond acceptors (Lipinski definition) is 7. The van der Waals surface area contributed by atoms with Crippen molar-refractivity contribution in [2.45, 2.75) is 39.0 Å². The molecule has 1 saturated heterocycles. The molecule has 0 radical (unpaired) electrons. The number of amides is 2. The van der Waals surface area contributed by atoms with Crippen molar-refractivity contribution in [2.24, 2.45) is 0 Å². The van der Waals surface area contributed by atoms with Gasteiger partial charge in [-0.05, 0) is 61.3 Å². The summed E-state index contributed by atoms with van der Waals surface area (Å²) in [6.45, 7) is 6.90. The van der Waals surface area contributed by atoms with E-state index in [0.717, 1.165) is 11.1 Å². The second-order valence-corrected chi connectivity index (χ2v) is 9.34. The lowest BCUT2D eigenvalue weighted by Crippen LogP contribution is -2.46. The van der Waals surface area contributed by atoms with Crippen LogP contribution in [0, 0.1) is 0 Å². The van der Waals surface area contributed by atoms with Crippen LogP contribution < -0.4 is 10.2 Å². The number of anilines is 1. The monoisotopic (exact) mass is 489 g/mol. The summed E-state index contributed by atoms with van der Waals surface area (Å²) in [7, 11) is 0. The molecule has 2 amide bonds. The molecule has 1 unspecified atom stereocenters. The maximum Gasteiger partial charge on any atom is 0.410 e. The summed E-state index contributed by atoms with van der Waals surface area (Å²) in [5.74, 6) is 0.425. The normalized spacial score (nSPS) is 18.5. The number of H-pyrrole nitrogens is 1. The van der Waals surface area contributed by atoms with E-state index in [4.69, 9.17) is 33.3 Å². The molecule has 0 bridgehead atoms. The average Bonchev–Trinajstić information content (AvgIpc) is 3.26. The SMILES string of the molecule is CC(C)(C)OC(=O)N1CCOCC1c1cc(Cl)ccc1CN1C(=C=S)NC(=O)c2[nH]cnc21. The number of imidazole rings is 1. The van der Waals surface area contributed by atoms with Gasteiger partial charge in [-0.1, -0.05) is 17.7 Å². The van der Waals surface area contributed by atoms with Crippen molar-refractivity contribution < 1.29 is 19.1 Å². The number of fused-ring (bicyclic) bond motifs is 1. The van der Waals surface area contributed by atoms with Crippen LogP contribution in [0.1, 0.15) is 48.4 Å². The number of carbonyl (C=O) groups excluding carboxylic acids is 2. The summed E-state index contributed by atoms with van der Waals surface area (Å²) >= 11 is 11.4. The number of aromatic amines is 1. The number of benzene rings is 1. The zero-order valence-electron chi connectivity index (χ0n) is 18.5. The molecule has 174 valence electrons. The smallest absolute Gasteiger partial charge is 0.410 e. The van der Waals surface area contributed by atoms with Crippen molar-refractivity contribution in [3.05, 3.63) is 52.2 Å². The van der Waals surface area contributed by atoms with Gasteiger partial charge in [0.05, 0.1) is 32.1 Å². The Hall–Kier alpha value is -2.91. The highest BCUT2D eigenvalue weighted by Crippen LogP contribution is 2.33. The second kappa shape index (κ2) is 9.15. The standard InChI is InChI=1S/C22H24ClN5O4S/c1-22(2,3)32-21(30)27-6-7-31-10-16(27)15-8-14(23)5-4-13(15)9-28-17(11-33)26-20(29)18-19(28)25-12-24-18/h4-5,8,12,16H,6-7,9-10H2,1-3H3,(H,24,25)(H,26,29). The minimum atomic E-state index is -0.627. The van der Waals surface area contributed by atoms with E-state index in [9.17, 15) is 9.59 Å². The predicted octanol–water partition coefficient (Wildman–Crippen LogP) is 3.56. The number of hydrogen-bond donors (Lipinski definition) is 2. The van der Waals surface area contributed by atoms with Crippen molar-refractivity contribution in [2.75, 3.05) is 24.7 Å². The highest BCUT2D eigenvalue weighted by Gasteiger charge is 2.35. The Morgan fingerprint density at radius 1 is 1.42 bits per heavy atom. The summed E-state index contributed by atoms with van der Waals surface area (Å²) in [4.78, 5) is 35.8. The Balaban J connectivity index is 1.71. The van der Waals surface area contributed by atoms with Crippen molar-refractivity contribution in [1.29, 1.82) is 0 Å². The second-order valence-electron chi connectivity index (χ2n) is 8.70. The Morgan fingerprint density at radius 2 is 2.21 bits per heavy atom. The zero-order valence-corrected chi connectivity index (χ0v) is 20.0. The van der Waals surface area contributed by atoms with Gasteiger partial charge in [-0.2, -0.15) is 0 Å². The molecule has 3 heterocycles. The topological polar surface area (TPSA) is 99.8 Å². The fourth-order valence-corrected chi connectivity index (χ4v) is 4.17. The molecular formula is C22H24ClN5O4S. The molecule has 2 aromatic rings. The van der Waals surface area contributed by atoms with Crippen molar-refractivity contribution >= 4 is 46.7 Å². The van der Waals surface area contributed by atoms with Crippen LogP contribution in [0.25, 0.3) is 0 Å². The number of halogens is 1.